The van der Waals surface area contributed by atoms with E-state index in [1.807, 2.05) is 4.90 Å². The molecule has 7 nitrogen and oxygen atoms in total. The molecule has 2 saturated heterocycles. The van der Waals surface area contributed by atoms with Gasteiger partial charge in [-0.25, -0.2) is 4.39 Å². The minimum atomic E-state index is -0.951. The Morgan fingerprint density at radius 3 is 2.68 bits per heavy atom. The van der Waals surface area contributed by atoms with Gasteiger partial charge in [-0.3, -0.25) is 9.59 Å². The average Bonchev–Trinajstić information content (AvgIpc) is 2.83. The van der Waals surface area contributed by atoms with Crippen LogP contribution < -0.4 is 4.74 Å². The smallest absolute Gasteiger partial charge is 0.303 e. The van der Waals surface area contributed by atoms with E-state index in [0.29, 0.717) is 43.7 Å². The molecule has 0 radical (unpaired) electrons. The number of nitriles is 1. The molecule has 0 aliphatic carbocycles. The zero-order chi connectivity index (χ0) is 24.7. The van der Waals surface area contributed by atoms with Crippen molar-refractivity contribution in [3.05, 3.63) is 29.6 Å². The quantitative estimate of drug-likeness (QED) is 0.546. The van der Waals surface area contributed by atoms with Crippen LogP contribution in [0.4, 0.5) is 4.39 Å². The minimum Gasteiger partial charge on any atom is -0.493 e. The summed E-state index contributed by atoms with van der Waals surface area (Å²) in [5.41, 5.74) is -0.466. The summed E-state index contributed by atoms with van der Waals surface area (Å²) in [5, 5.41) is 19.0. The number of carboxylic acids is 1. The van der Waals surface area contributed by atoms with Crippen LogP contribution in [-0.4, -0.2) is 66.1 Å². The number of benzene rings is 1. The van der Waals surface area contributed by atoms with Crippen LogP contribution in [0, 0.1) is 23.1 Å². The molecule has 2 heterocycles. The number of carbonyl (C=O) groups is 2. The first-order valence-electron chi connectivity index (χ1n) is 12.4. The normalized spacial score (nSPS) is 22.7. The van der Waals surface area contributed by atoms with E-state index in [4.69, 9.17) is 9.84 Å². The molecule has 1 amide bonds. The predicted octanol–water partition coefficient (Wildman–Crippen LogP) is 3.96. The summed E-state index contributed by atoms with van der Waals surface area (Å²) in [5.74, 6) is -0.797. The Labute approximate surface area is 201 Å². The summed E-state index contributed by atoms with van der Waals surface area (Å²) in [6.45, 7) is 4.22. The van der Waals surface area contributed by atoms with E-state index in [-0.39, 0.29) is 30.9 Å². The van der Waals surface area contributed by atoms with Crippen molar-refractivity contribution in [3.63, 3.8) is 0 Å². The summed E-state index contributed by atoms with van der Waals surface area (Å²) in [6, 6.07) is 6.79. The molecular weight excluding hydrogens is 437 g/mol. The Hall–Kier alpha value is -2.66. The van der Waals surface area contributed by atoms with E-state index in [2.05, 4.69) is 24.9 Å². The summed E-state index contributed by atoms with van der Waals surface area (Å²) in [7, 11) is 2.10. The minimum absolute atomic E-state index is 0.0180. The fraction of sp³-hybridized carbons (Fsp3) is 0.654. The van der Waals surface area contributed by atoms with Crippen molar-refractivity contribution in [2.45, 2.75) is 69.7 Å². The van der Waals surface area contributed by atoms with Crippen molar-refractivity contribution in [1.82, 2.24) is 9.80 Å². The van der Waals surface area contributed by atoms with Gasteiger partial charge in [0.15, 0.2) is 0 Å². The third-order valence-electron chi connectivity index (χ3n) is 7.35. The molecule has 2 unspecified atom stereocenters. The van der Waals surface area contributed by atoms with Gasteiger partial charge < -0.3 is 19.6 Å². The van der Waals surface area contributed by atoms with Crippen molar-refractivity contribution >= 4 is 11.9 Å². The van der Waals surface area contributed by atoms with Crippen LogP contribution in [-0.2, 0) is 15.0 Å². The third-order valence-corrected chi connectivity index (χ3v) is 7.35. The second-order valence-corrected chi connectivity index (χ2v) is 9.59. The van der Waals surface area contributed by atoms with Crippen LogP contribution in [0.1, 0.15) is 63.9 Å². The molecule has 2 fully saturated rings. The van der Waals surface area contributed by atoms with Crippen molar-refractivity contribution in [1.29, 1.82) is 5.26 Å². The van der Waals surface area contributed by atoms with Gasteiger partial charge in [0.2, 0.25) is 5.91 Å². The number of likely N-dealkylation sites (tertiary alicyclic amines) is 2. The Balaban J connectivity index is 1.72. The van der Waals surface area contributed by atoms with Crippen LogP contribution in [0.2, 0.25) is 0 Å². The summed E-state index contributed by atoms with van der Waals surface area (Å²) >= 11 is 0. The van der Waals surface area contributed by atoms with E-state index in [9.17, 15) is 19.2 Å². The van der Waals surface area contributed by atoms with Gasteiger partial charge in [0, 0.05) is 31.1 Å². The van der Waals surface area contributed by atoms with Gasteiger partial charge in [-0.15, -0.1) is 0 Å². The van der Waals surface area contributed by atoms with E-state index >= 15 is 0 Å². The van der Waals surface area contributed by atoms with E-state index < -0.39 is 17.2 Å². The second kappa shape index (κ2) is 11.7. The molecule has 1 N–H and O–H groups in total. The first-order valence-corrected chi connectivity index (χ1v) is 12.4. The SMILES string of the molecule is CCCC1C(C(=O)N2CCC(C#N)(c3cc(F)ccc3OCCCC(=O)O)CC2)CCCN1C. The molecule has 0 bridgehead atoms. The molecule has 0 saturated carbocycles. The van der Waals surface area contributed by atoms with Crippen molar-refractivity contribution in [2.24, 2.45) is 5.92 Å². The zero-order valence-electron chi connectivity index (χ0n) is 20.3. The van der Waals surface area contributed by atoms with Crippen LogP contribution in [0.5, 0.6) is 5.75 Å². The van der Waals surface area contributed by atoms with Gasteiger partial charge in [0.25, 0.3) is 0 Å². The topological polar surface area (TPSA) is 93.9 Å². The molecule has 0 spiro atoms. The van der Waals surface area contributed by atoms with E-state index in [1.165, 1.54) is 18.2 Å². The highest BCUT2D eigenvalue weighted by molar-refractivity contribution is 5.80. The van der Waals surface area contributed by atoms with Gasteiger partial charge >= 0.3 is 5.97 Å². The number of amides is 1. The van der Waals surface area contributed by atoms with Gasteiger partial charge in [-0.05, 0) is 70.3 Å². The number of carbonyl (C=O) groups excluding carboxylic acids is 1. The molecule has 34 heavy (non-hydrogen) atoms. The highest BCUT2D eigenvalue weighted by Crippen LogP contribution is 2.41. The first-order chi connectivity index (χ1) is 16.3. The Morgan fingerprint density at radius 1 is 1.29 bits per heavy atom. The fourth-order valence-corrected chi connectivity index (χ4v) is 5.42. The monoisotopic (exact) mass is 473 g/mol. The lowest BCUT2D eigenvalue weighted by molar-refractivity contribution is -0.141. The maximum absolute atomic E-state index is 14.2. The van der Waals surface area contributed by atoms with Crippen molar-refractivity contribution in [2.75, 3.05) is 33.3 Å². The Kier molecular flexibility index (Phi) is 8.90. The highest BCUT2D eigenvalue weighted by Gasteiger charge is 2.43. The molecular formula is C26H36FN3O4. The number of carboxylic acid groups (broad SMARTS) is 1. The van der Waals surface area contributed by atoms with Gasteiger partial charge in [-0.2, -0.15) is 5.26 Å². The largest absolute Gasteiger partial charge is 0.493 e. The molecule has 1 aromatic rings. The van der Waals surface area contributed by atoms with Crippen LogP contribution in [0.15, 0.2) is 18.2 Å². The van der Waals surface area contributed by atoms with Gasteiger partial charge in [0.05, 0.1) is 24.0 Å². The highest BCUT2D eigenvalue weighted by atomic mass is 19.1. The first kappa shape index (κ1) is 26.0. The second-order valence-electron chi connectivity index (χ2n) is 9.59. The van der Waals surface area contributed by atoms with Crippen molar-refractivity contribution < 1.29 is 23.8 Å². The molecule has 8 heteroatoms. The number of hydrogen-bond acceptors (Lipinski definition) is 5. The number of halogens is 1. The average molecular weight is 474 g/mol. The van der Waals surface area contributed by atoms with E-state index in [1.54, 1.807) is 0 Å². The molecule has 2 atom stereocenters. The number of aliphatic carboxylic acids is 1. The summed E-state index contributed by atoms with van der Waals surface area (Å²) in [6.07, 6.45) is 5.05. The van der Waals surface area contributed by atoms with Crippen LogP contribution >= 0.6 is 0 Å². The lowest BCUT2D eigenvalue weighted by Crippen LogP contribution is -2.53. The van der Waals surface area contributed by atoms with E-state index in [0.717, 1.165) is 32.2 Å². The summed E-state index contributed by atoms with van der Waals surface area (Å²) < 4.78 is 20.0. The van der Waals surface area contributed by atoms with Crippen molar-refractivity contribution in [3.8, 4) is 11.8 Å². The number of rotatable bonds is 9. The molecule has 2 aliphatic heterocycles. The molecule has 3 rings (SSSR count). The Morgan fingerprint density at radius 2 is 2.03 bits per heavy atom. The maximum atomic E-state index is 14.2. The van der Waals surface area contributed by atoms with Gasteiger partial charge in [0.1, 0.15) is 11.6 Å². The Bertz CT molecular complexity index is 908. The third kappa shape index (κ3) is 5.87. The molecule has 0 aromatic heterocycles. The van der Waals surface area contributed by atoms with Gasteiger partial charge in [-0.1, -0.05) is 13.3 Å². The molecule has 186 valence electrons. The fourth-order valence-electron chi connectivity index (χ4n) is 5.42. The molecule has 1 aromatic carbocycles. The van der Waals surface area contributed by atoms with Crippen LogP contribution in [0.25, 0.3) is 0 Å². The predicted molar refractivity (Wildman–Crippen MR) is 126 cm³/mol. The standard InChI is InChI=1S/C26H36FN3O4/c1-3-6-22-20(7-4-13-29(22)2)25(33)30-14-11-26(18-28,12-15-30)21-17-19(27)9-10-23(21)34-16-5-8-24(31)32/h9-10,17,20,22H,3-8,11-16H2,1-2H3,(H,31,32). The number of ether oxygens (including phenoxy) is 1. The number of piperidine rings is 2. The lowest BCUT2D eigenvalue weighted by Gasteiger charge is -2.43. The summed E-state index contributed by atoms with van der Waals surface area (Å²) in [4.78, 5) is 28.4. The maximum Gasteiger partial charge on any atom is 0.303 e. The number of nitrogens with zero attached hydrogens (tertiary/aromatic N) is 3. The lowest BCUT2D eigenvalue weighted by atomic mass is 9.73. The molecule has 2 aliphatic rings. The zero-order valence-corrected chi connectivity index (χ0v) is 20.3. The number of hydrogen-bond donors (Lipinski definition) is 1. The van der Waals surface area contributed by atoms with Crippen LogP contribution in [0.3, 0.4) is 0 Å².